The lowest BCUT2D eigenvalue weighted by molar-refractivity contribution is -0.121. The van der Waals surface area contributed by atoms with Gasteiger partial charge in [-0.15, -0.1) is 0 Å². The minimum atomic E-state index is -0.0972. The lowest BCUT2D eigenvalue weighted by Gasteiger charge is -2.31. The van der Waals surface area contributed by atoms with Crippen molar-refractivity contribution >= 4 is 17.3 Å². The Morgan fingerprint density at radius 2 is 2.33 bits per heavy atom. The van der Waals surface area contributed by atoms with Gasteiger partial charge < -0.3 is 20.5 Å². The van der Waals surface area contributed by atoms with Gasteiger partial charge >= 0.3 is 0 Å². The third-order valence-corrected chi connectivity index (χ3v) is 3.20. The van der Waals surface area contributed by atoms with Crippen LogP contribution < -0.4 is 15.4 Å². The molecule has 2 rings (SSSR count). The number of hydrogen-bond acceptors (Lipinski definition) is 4. The molecule has 1 aliphatic rings. The summed E-state index contributed by atoms with van der Waals surface area (Å²) in [6.45, 7) is 2.59. The highest BCUT2D eigenvalue weighted by molar-refractivity contribution is 5.98. The second kappa shape index (κ2) is 5.27. The molecular formula is C13H18N2O3. The zero-order valence-corrected chi connectivity index (χ0v) is 10.4. The first-order valence-electron chi connectivity index (χ1n) is 6.09. The first-order valence-corrected chi connectivity index (χ1v) is 6.09. The molecule has 1 aromatic rings. The van der Waals surface area contributed by atoms with E-state index in [9.17, 15) is 9.90 Å². The van der Waals surface area contributed by atoms with Gasteiger partial charge in [-0.2, -0.15) is 0 Å². The number of aliphatic hydroxyl groups is 1. The number of carbonyl (C=O) groups is 1. The van der Waals surface area contributed by atoms with E-state index in [0.29, 0.717) is 23.7 Å². The van der Waals surface area contributed by atoms with E-state index in [4.69, 9.17) is 10.5 Å². The minimum Gasteiger partial charge on any atom is -0.482 e. The molecule has 1 aromatic carbocycles. The van der Waals surface area contributed by atoms with Crippen LogP contribution in [0, 0.1) is 5.92 Å². The number of ether oxygens (including phenoxy) is 1. The van der Waals surface area contributed by atoms with Crippen LogP contribution in [0.2, 0.25) is 0 Å². The smallest absolute Gasteiger partial charge is 0.265 e. The summed E-state index contributed by atoms with van der Waals surface area (Å²) in [6, 6.07) is 5.25. The van der Waals surface area contributed by atoms with Crippen molar-refractivity contribution in [2.24, 2.45) is 5.92 Å². The highest BCUT2D eigenvalue weighted by Crippen LogP contribution is 2.34. The van der Waals surface area contributed by atoms with E-state index in [1.807, 2.05) is 6.92 Å². The maximum absolute atomic E-state index is 11.9. The molecule has 1 unspecified atom stereocenters. The van der Waals surface area contributed by atoms with Gasteiger partial charge in [0.15, 0.2) is 6.61 Å². The molecule has 0 radical (unpaired) electrons. The normalized spacial score (nSPS) is 16.1. The van der Waals surface area contributed by atoms with Crippen LogP contribution in [0.1, 0.15) is 13.3 Å². The number of benzene rings is 1. The largest absolute Gasteiger partial charge is 0.482 e. The summed E-state index contributed by atoms with van der Waals surface area (Å²) in [7, 11) is 0. The maximum Gasteiger partial charge on any atom is 0.265 e. The molecule has 0 fully saturated rings. The lowest BCUT2D eigenvalue weighted by atomic mass is 10.1. The predicted octanol–water partition coefficient (Wildman–Crippen LogP) is 1.01. The van der Waals surface area contributed by atoms with Crippen LogP contribution in [0.5, 0.6) is 5.75 Å². The molecule has 1 aliphatic heterocycles. The second-order valence-electron chi connectivity index (χ2n) is 4.48. The molecule has 1 atom stereocenters. The summed E-state index contributed by atoms with van der Waals surface area (Å²) in [6.07, 6.45) is 0.818. The van der Waals surface area contributed by atoms with Gasteiger partial charge in [0.25, 0.3) is 5.91 Å². The first-order chi connectivity index (χ1) is 8.65. The van der Waals surface area contributed by atoms with Gasteiger partial charge in [-0.05, 0) is 30.5 Å². The van der Waals surface area contributed by atoms with Crippen LogP contribution in [0.4, 0.5) is 11.4 Å². The monoisotopic (exact) mass is 250 g/mol. The lowest BCUT2D eigenvalue weighted by Crippen LogP contribution is -2.42. The zero-order valence-electron chi connectivity index (χ0n) is 10.4. The Kier molecular flexibility index (Phi) is 3.72. The Morgan fingerprint density at radius 3 is 3.00 bits per heavy atom. The van der Waals surface area contributed by atoms with E-state index in [2.05, 4.69) is 0 Å². The first kappa shape index (κ1) is 12.7. The van der Waals surface area contributed by atoms with Gasteiger partial charge in [0.05, 0.1) is 5.69 Å². The van der Waals surface area contributed by atoms with Crippen molar-refractivity contribution in [2.75, 3.05) is 30.4 Å². The average Bonchev–Trinajstić information content (AvgIpc) is 2.38. The van der Waals surface area contributed by atoms with Crippen molar-refractivity contribution in [3.63, 3.8) is 0 Å². The third-order valence-electron chi connectivity index (χ3n) is 3.20. The number of nitrogens with two attached hydrogens (primary N) is 1. The molecular weight excluding hydrogens is 232 g/mol. The second-order valence-corrected chi connectivity index (χ2v) is 4.48. The van der Waals surface area contributed by atoms with Crippen molar-refractivity contribution in [2.45, 2.75) is 13.3 Å². The molecule has 18 heavy (non-hydrogen) atoms. The van der Waals surface area contributed by atoms with Crippen molar-refractivity contribution in [3.8, 4) is 5.75 Å². The summed E-state index contributed by atoms with van der Waals surface area (Å²) < 4.78 is 5.36. The van der Waals surface area contributed by atoms with Crippen molar-refractivity contribution in [1.29, 1.82) is 0 Å². The van der Waals surface area contributed by atoms with Crippen LogP contribution in [0.25, 0.3) is 0 Å². The molecule has 98 valence electrons. The number of rotatable bonds is 4. The van der Waals surface area contributed by atoms with Crippen molar-refractivity contribution < 1.29 is 14.6 Å². The van der Waals surface area contributed by atoms with Gasteiger partial charge in [0.1, 0.15) is 5.75 Å². The number of nitrogen functional groups attached to an aromatic ring is 1. The number of amides is 1. The highest BCUT2D eigenvalue weighted by Gasteiger charge is 2.27. The molecule has 0 saturated heterocycles. The number of fused-ring (bicyclic) bond motifs is 1. The van der Waals surface area contributed by atoms with E-state index in [-0.39, 0.29) is 25.0 Å². The van der Waals surface area contributed by atoms with Gasteiger partial charge in [0, 0.05) is 18.8 Å². The topological polar surface area (TPSA) is 75.8 Å². The summed E-state index contributed by atoms with van der Waals surface area (Å²) in [4.78, 5) is 13.6. The molecule has 0 saturated carbocycles. The molecule has 0 aromatic heterocycles. The van der Waals surface area contributed by atoms with Crippen LogP contribution in [0.15, 0.2) is 18.2 Å². The summed E-state index contributed by atoms with van der Waals surface area (Å²) >= 11 is 0. The maximum atomic E-state index is 11.9. The summed E-state index contributed by atoms with van der Waals surface area (Å²) in [5.41, 5.74) is 7.03. The molecule has 5 heteroatoms. The number of aliphatic hydroxyl groups excluding tert-OH is 1. The quantitative estimate of drug-likeness (QED) is 0.782. The number of carbonyl (C=O) groups excluding carboxylic acids is 1. The van der Waals surface area contributed by atoms with Gasteiger partial charge in [0.2, 0.25) is 0 Å². The summed E-state index contributed by atoms with van der Waals surface area (Å²) in [5, 5.41) is 9.25. The number of hydrogen-bond donors (Lipinski definition) is 2. The average molecular weight is 250 g/mol. The Hall–Kier alpha value is -1.75. The third kappa shape index (κ3) is 2.41. The van der Waals surface area contributed by atoms with Crippen molar-refractivity contribution in [3.05, 3.63) is 18.2 Å². The van der Waals surface area contributed by atoms with Gasteiger partial charge in [-0.1, -0.05) is 6.92 Å². The fourth-order valence-corrected chi connectivity index (χ4v) is 1.99. The fraction of sp³-hybridized carbons (Fsp3) is 0.462. The van der Waals surface area contributed by atoms with E-state index in [1.54, 1.807) is 23.1 Å². The predicted molar refractivity (Wildman–Crippen MR) is 69.6 cm³/mol. The van der Waals surface area contributed by atoms with E-state index in [0.717, 1.165) is 6.42 Å². The summed E-state index contributed by atoms with van der Waals surface area (Å²) in [5.74, 6) is 0.637. The Balaban J connectivity index is 2.29. The Morgan fingerprint density at radius 1 is 1.56 bits per heavy atom. The number of nitrogens with zero attached hydrogens (tertiary/aromatic N) is 1. The highest BCUT2D eigenvalue weighted by atomic mass is 16.5. The molecule has 1 amide bonds. The van der Waals surface area contributed by atoms with Crippen LogP contribution in [0.3, 0.4) is 0 Å². The van der Waals surface area contributed by atoms with Crippen LogP contribution in [-0.4, -0.2) is 30.8 Å². The zero-order chi connectivity index (χ0) is 13.1. The SMILES string of the molecule is CCC(CO)CN1C(=O)COc2ccc(N)cc21. The molecule has 5 nitrogen and oxygen atoms in total. The van der Waals surface area contributed by atoms with Gasteiger partial charge in [-0.3, -0.25) is 4.79 Å². The number of anilines is 2. The van der Waals surface area contributed by atoms with Crippen molar-refractivity contribution in [1.82, 2.24) is 0 Å². The molecule has 0 spiro atoms. The Labute approximate surface area is 106 Å². The molecule has 3 N–H and O–H groups in total. The Bertz CT molecular complexity index is 444. The van der Waals surface area contributed by atoms with Crippen LogP contribution in [-0.2, 0) is 4.79 Å². The van der Waals surface area contributed by atoms with Crippen LogP contribution >= 0.6 is 0 Å². The molecule has 0 bridgehead atoms. The fourth-order valence-electron chi connectivity index (χ4n) is 1.99. The van der Waals surface area contributed by atoms with E-state index < -0.39 is 0 Å². The van der Waals surface area contributed by atoms with E-state index >= 15 is 0 Å². The minimum absolute atomic E-state index is 0.0405. The molecule has 0 aliphatic carbocycles. The molecule has 1 heterocycles. The van der Waals surface area contributed by atoms with Gasteiger partial charge in [-0.25, -0.2) is 0 Å². The standard InChI is InChI=1S/C13H18N2O3/c1-2-9(7-16)6-15-11-5-10(14)3-4-12(11)18-8-13(15)17/h3-5,9,16H,2,6-8,14H2,1H3. The van der Waals surface area contributed by atoms with E-state index in [1.165, 1.54) is 0 Å².